The normalized spacial score (nSPS) is 17.8. The fraction of sp³-hybridized carbons (Fsp3) is 0.875. The summed E-state index contributed by atoms with van der Waals surface area (Å²) >= 11 is 0. The first-order chi connectivity index (χ1) is 10.1. The largest absolute Gasteiger partial charge is 0.343 e. The number of halogens is 1. The lowest BCUT2D eigenvalue weighted by Crippen LogP contribution is -2.52. The molecule has 130 valence electrons. The highest BCUT2D eigenvalue weighted by Gasteiger charge is 2.22. The van der Waals surface area contributed by atoms with Crippen LogP contribution in [0.3, 0.4) is 0 Å². The van der Waals surface area contributed by atoms with Gasteiger partial charge in [0.25, 0.3) is 0 Å². The van der Waals surface area contributed by atoms with E-state index in [1.54, 1.807) is 0 Å². The summed E-state index contributed by atoms with van der Waals surface area (Å²) in [6.45, 7) is 10.4. The van der Waals surface area contributed by atoms with Gasteiger partial charge in [-0.3, -0.25) is 9.59 Å². The first kappa shape index (κ1) is 21.2. The molecule has 0 bridgehead atoms. The Kier molecular flexibility index (Phi) is 11.3. The van der Waals surface area contributed by atoms with Gasteiger partial charge in [-0.05, 0) is 26.2 Å². The fourth-order valence-electron chi connectivity index (χ4n) is 2.81. The van der Waals surface area contributed by atoms with Crippen molar-refractivity contribution in [3.63, 3.8) is 0 Å². The van der Waals surface area contributed by atoms with Crippen molar-refractivity contribution in [2.24, 2.45) is 0 Å². The number of piperazine rings is 1. The van der Waals surface area contributed by atoms with E-state index in [2.05, 4.69) is 26.1 Å². The van der Waals surface area contributed by atoms with Gasteiger partial charge < -0.3 is 15.1 Å². The average Bonchev–Trinajstić information content (AvgIpc) is 2.47. The van der Waals surface area contributed by atoms with Crippen molar-refractivity contribution in [1.82, 2.24) is 15.1 Å². The molecular formula is C16H32ClN3O2. The molecule has 1 atom stereocenters. The van der Waals surface area contributed by atoms with Crippen LogP contribution < -0.4 is 5.32 Å². The summed E-state index contributed by atoms with van der Waals surface area (Å²) in [7, 11) is 0. The van der Waals surface area contributed by atoms with E-state index in [1.807, 2.05) is 9.80 Å². The highest BCUT2D eigenvalue weighted by atomic mass is 35.5. The third-order valence-corrected chi connectivity index (χ3v) is 3.94. The zero-order valence-corrected chi connectivity index (χ0v) is 15.1. The van der Waals surface area contributed by atoms with Crippen molar-refractivity contribution in [3.8, 4) is 0 Å². The summed E-state index contributed by atoms with van der Waals surface area (Å²) in [5, 5.41) is 3.28. The number of carbonyl (C=O) groups is 2. The zero-order chi connectivity index (χ0) is 15.7. The van der Waals surface area contributed by atoms with E-state index in [0.717, 1.165) is 45.6 Å². The Balaban J connectivity index is 0.00000441. The molecular weight excluding hydrogens is 302 g/mol. The van der Waals surface area contributed by atoms with Crippen LogP contribution in [0.5, 0.6) is 0 Å². The number of nitrogens with one attached hydrogen (secondary N) is 1. The standard InChI is InChI=1S/C16H31N3O2.ClH/c1-4-10-18(11-5-2)15(20)7-6-8-16(21)19-12-9-17-13-14(19)3;/h14,17H,4-13H2,1-3H3;1H. The number of amides is 2. The number of hydrogen-bond acceptors (Lipinski definition) is 3. The van der Waals surface area contributed by atoms with Crippen LogP contribution in [-0.2, 0) is 9.59 Å². The molecule has 5 nitrogen and oxygen atoms in total. The lowest BCUT2D eigenvalue weighted by molar-refractivity contribution is -0.134. The molecule has 1 aliphatic rings. The second-order valence-electron chi connectivity index (χ2n) is 5.87. The molecule has 1 saturated heterocycles. The van der Waals surface area contributed by atoms with Gasteiger partial charge in [-0.2, -0.15) is 0 Å². The number of hydrogen-bond donors (Lipinski definition) is 1. The van der Waals surface area contributed by atoms with Gasteiger partial charge in [0.05, 0.1) is 0 Å². The second kappa shape index (κ2) is 11.7. The van der Waals surface area contributed by atoms with Crippen LogP contribution in [0.4, 0.5) is 0 Å². The average molecular weight is 334 g/mol. The molecule has 0 aromatic rings. The van der Waals surface area contributed by atoms with E-state index in [1.165, 1.54) is 0 Å². The SMILES string of the molecule is CCCN(CCC)C(=O)CCCC(=O)N1CCNCC1C.Cl. The van der Waals surface area contributed by atoms with Gasteiger partial charge in [0.2, 0.25) is 11.8 Å². The Labute approximate surface area is 141 Å². The molecule has 22 heavy (non-hydrogen) atoms. The molecule has 1 rings (SSSR count). The Morgan fingerprint density at radius 3 is 2.36 bits per heavy atom. The highest BCUT2D eigenvalue weighted by Crippen LogP contribution is 2.09. The molecule has 2 amide bonds. The number of rotatable bonds is 8. The van der Waals surface area contributed by atoms with Crippen molar-refractivity contribution in [2.75, 3.05) is 32.7 Å². The van der Waals surface area contributed by atoms with Gasteiger partial charge in [-0.1, -0.05) is 13.8 Å². The summed E-state index contributed by atoms with van der Waals surface area (Å²) in [5.74, 6) is 0.384. The van der Waals surface area contributed by atoms with Crippen LogP contribution in [0.15, 0.2) is 0 Å². The van der Waals surface area contributed by atoms with Crippen LogP contribution in [0.1, 0.15) is 52.9 Å². The quantitative estimate of drug-likeness (QED) is 0.739. The van der Waals surface area contributed by atoms with Gasteiger partial charge in [0, 0.05) is 51.6 Å². The maximum atomic E-state index is 12.2. The maximum absolute atomic E-state index is 12.2. The molecule has 1 aliphatic heterocycles. The minimum Gasteiger partial charge on any atom is -0.343 e. The minimum atomic E-state index is 0. The Morgan fingerprint density at radius 2 is 1.82 bits per heavy atom. The van der Waals surface area contributed by atoms with Crippen LogP contribution in [0, 0.1) is 0 Å². The van der Waals surface area contributed by atoms with Crippen LogP contribution in [-0.4, -0.2) is 60.4 Å². The molecule has 0 aromatic carbocycles. The van der Waals surface area contributed by atoms with E-state index in [9.17, 15) is 9.59 Å². The van der Waals surface area contributed by atoms with Gasteiger partial charge >= 0.3 is 0 Å². The zero-order valence-electron chi connectivity index (χ0n) is 14.3. The maximum Gasteiger partial charge on any atom is 0.222 e. The summed E-state index contributed by atoms with van der Waals surface area (Å²) < 4.78 is 0. The van der Waals surface area contributed by atoms with Crippen molar-refractivity contribution in [3.05, 3.63) is 0 Å². The predicted octanol–water partition coefficient (Wildman–Crippen LogP) is 2.05. The van der Waals surface area contributed by atoms with Crippen molar-refractivity contribution >= 4 is 24.2 Å². The lowest BCUT2D eigenvalue weighted by atomic mass is 10.1. The first-order valence-electron chi connectivity index (χ1n) is 8.38. The van der Waals surface area contributed by atoms with Gasteiger partial charge in [-0.15, -0.1) is 12.4 Å². The molecule has 0 radical (unpaired) electrons. The van der Waals surface area contributed by atoms with Gasteiger partial charge in [0.1, 0.15) is 0 Å². The Hall–Kier alpha value is -0.810. The molecule has 1 heterocycles. The molecule has 6 heteroatoms. The molecule has 0 aliphatic carbocycles. The Morgan fingerprint density at radius 1 is 1.18 bits per heavy atom. The first-order valence-corrected chi connectivity index (χ1v) is 8.38. The van der Waals surface area contributed by atoms with E-state index >= 15 is 0 Å². The molecule has 0 aromatic heterocycles. The van der Waals surface area contributed by atoms with Gasteiger partial charge in [-0.25, -0.2) is 0 Å². The topological polar surface area (TPSA) is 52.7 Å². The second-order valence-corrected chi connectivity index (χ2v) is 5.87. The predicted molar refractivity (Wildman–Crippen MR) is 92.3 cm³/mol. The summed E-state index contributed by atoms with van der Waals surface area (Å²) in [4.78, 5) is 28.2. The van der Waals surface area contributed by atoms with Crippen LogP contribution in [0.2, 0.25) is 0 Å². The van der Waals surface area contributed by atoms with Crippen molar-refractivity contribution in [2.45, 2.75) is 58.9 Å². The number of carbonyl (C=O) groups excluding carboxylic acids is 2. The number of nitrogens with zero attached hydrogens (tertiary/aromatic N) is 2. The lowest BCUT2D eigenvalue weighted by Gasteiger charge is -2.34. The minimum absolute atomic E-state index is 0. The molecule has 1 unspecified atom stereocenters. The third-order valence-electron chi connectivity index (χ3n) is 3.94. The van der Waals surface area contributed by atoms with Crippen molar-refractivity contribution < 1.29 is 9.59 Å². The summed E-state index contributed by atoms with van der Waals surface area (Å²) in [6.07, 6.45) is 3.62. The molecule has 0 saturated carbocycles. The third kappa shape index (κ3) is 6.97. The summed E-state index contributed by atoms with van der Waals surface area (Å²) in [5.41, 5.74) is 0. The van der Waals surface area contributed by atoms with Crippen LogP contribution in [0.25, 0.3) is 0 Å². The highest BCUT2D eigenvalue weighted by molar-refractivity contribution is 5.85. The Bertz CT molecular complexity index is 333. The summed E-state index contributed by atoms with van der Waals surface area (Å²) in [6, 6.07) is 0.263. The smallest absolute Gasteiger partial charge is 0.222 e. The van der Waals surface area contributed by atoms with E-state index in [0.29, 0.717) is 19.3 Å². The van der Waals surface area contributed by atoms with Gasteiger partial charge in [0.15, 0.2) is 0 Å². The molecule has 1 N–H and O–H groups in total. The van der Waals surface area contributed by atoms with E-state index in [-0.39, 0.29) is 30.3 Å². The monoisotopic (exact) mass is 333 g/mol. The molecule has 0 spiro atoms. The fourth-order valence-corrected chi connectivity index (χ4v) is 2.81. The van der Waals surface area contributed by atoms with E-state index < -0.39 is 0 Å². The van der Waals surface area contributed by atoms with Crippen LogP contribution >= 0.6 is 12.4 Å². The van der Waals surface area contributed by atoms with Crippen molar-refractivity contribution in [1.29, 1.82) is 0 Å². The van der Waals surface area contributed by atoms with E-state index in [4.69, 9.17) is 0 Å². The molecule has 1 fully saturated rings.